The zero-order valence-electron chi connectivity index (χ0n) is 22.4. The van der Waals surface area contributed by atoms with Crippen molar-refractivity contribution >= 4 is 11.9 Å². The van der Waals surface area contributed by atoms with Gasteiger partial charge in [-0.1, -0.05) is 24.9 Å². The van der Waals surface area contributed by atoms with Crippen LogP contribution in [0.4, 0.5) is 0 Å². The van der Waals surface area contributed by atoms with E-state index in [1.807, 2.05) is 32.0 Å². The van der Waals surface area contributed by atoms with Gasteiger partial charge in [-0.2, -0.15) is 4.98 Å². The molecule has 1 aliphatic carbocycles. The Labute approximate surface area is 226 Å². The number of pyridine rings is 1. The van der Waals surface area contributed by atoms with E-state index >= 15 is 0 Å². The molecule has 1 aromatic carbocycles. The number of aliphatic hydroxyl groups is 1. The molecule has 2 heterocycles. The van der Waals surface area contributed by atoms with Gasteiger partial charge in [0, 0.05) is 35.3 Å². The van der Waals surface area contributed by atoms with Gasteiger partial charge in [-0.05, 0) is 55.5 Å². The number of carbonyl (C=O) groups excluding carboxylic acids is 1. The van der Waals surface area contributed by atoms with Gasteiger partial charge in [-0.25, -0.2) is 4.98 Å². The highest BCUT2D eigenvalue weighted by Gasteiger charge is 2.22. The first-order valence-electron chi connectivity index (χ1n) is 13.1. The van der Waals surface area contributed by atoms with Crippen LogP contribution in [0, 0.1) is 6.92 Å². The molecule has 3 aromatic rings. The van der Waals surface area contributed by atoms with E-state index in [0.29, 0.717) is 35.7 Å². The lowest BCUT2D eigenvalue weighted by molar-refractivity contribution is -0.140. The van der Waals surface area contributed by atoms with Gasteiger partial charge in [0.15, 0.2) is 0 Å². The van der Waals surface area contributed by atoms with E-state index in [0.717, 1.165) is 40.8 Å². The molecule has 11 nitrogen and oxygen atoms in total. The van der Waals surface area contributed by atoms with E-state index in [-0.39, 0.29) is 13.2 Å². The van der Waals surface area contributed by atoms with Crippen molar-refractivity contribution < 1.29 is 33.8 Å². The molecule has 1 unspecified atom stereocenters. The number of rotatable bonds is 12. The second-order valence-electron chi connectivity index (χ2n) is 9.70. The van der Waals surface area contributed by atoms with Crippen LogP contribution in [0.1, 0.15) is 61.8 Å². The average Bonchev–Trinajstić information content (AvgIpc) is 3.63. The number of hydrogen-bond acceptors (Lipinski definition) is 9. The number of aryl methyl sites for hydroxylation is 2. The molecular weight excluding hydrogens is 504 g/mol. The Hall–Kier alpha value is -3.99. The van der Waals surface area contributed by atoms with Crippen molar-refractivity contribution in [1.82, 2.24) is 20.4 Å². The fraction of sp³-hybridized carbons (Fsp3) is 0.464. The lowest BCUT2D eigenvalue weighted by Crippen LogP contribution is -2.36. The van der Waals surface area contributed by atoms with E-state index < -0.39 is 24.4 Å². The highest BCUT2D eigenvalue weighted by molar-refractivity contribution is 5.93. The monoisotopic (exact) mass is 538 g/mol. The summed E-state index contributed by atoms with van der Waals surface area (Å²) in [5.41, 5.74) is 4.24. The SMILES string of the molecule is CCc1cc(-c2noc(-c3cc(OC)nc(C4CCCC4)c3)n2)cc(C)c1OCC(O)CNC(=O)CC(=O)O. The largest absolute Gasteiger partial charge is 0.490 e. The smallest absolute Gasteiger partial charge is 0.312 e. The molecule has 0 saturated heterocycles. The Morgan fingerprint density at radius 1 is 1.15 bits per heavy atom. The molecule has 1 fully saturated rings. The molecule has 0 aliphatic heterocycles. The molecule has 1 atom stereocenters. The number of amides is 1. The quantitative estimate of drug-likeness (QED) is 0.291. The molecule has 0 spiro atoms. The number of carboxylic acid groups (broad SMARTS) is 1. The fourth-order valence-electron chi connectivity index (χ4n) is 4.76. The molecule has 4 rings (SSSR count). The van der Waals surface area contributed by atoms with E-state index in [4.69, 9.17) is 19.1 Å². The van der Waals surface area contributed by atoms with Gasteiger partial charge < -0.3 is 29.5 Å². The highest BCUT2D eigenvalue weighted by Crippen LogP contribution is 2.36. The molecule has 2 aromatic heterocycles. The molecule has 11 heteroatoms. The third-order valence-electron chi connectivity index (χ3n) is 6.73. The number of methoxy groups -OCH3 is 1. The van der Waals surface area contributed by atoms with Gasteiger partial charge in [0.2, 0.25) is 17.6 Å². The number of aromatic nitrogens is 3. The zero-order chi connectivity index (χ0) is 27.9. The van der Waals surface area contributed by atoms with Crippen LogP contribution in [0.3, 0.4) is 0 Å². The minimum atomic E-state index is -1.23. The normalized spacial score (nSPS) is 14.3. The van der Waals surface area contributed by atoms with Gasteiger partial charge in [-0.15, -0.1) is 0 Å². The summed E-state index contributed by atoms with van der Waals surface area (Å²) in [6.07, 6.45) is 3.62. The maximum absolute atomic E-state index is 11.5. The van der Waals surface area contributed by atoms with Crippen LogP contribution in [0.15, 0.2) is 28.8 Å². The summed E-state index contributed by atoms with van der Waals surface area (Å²) in [6.45, 7) is 3.70. The maximum atomic E-state index is 11.5. The average molecular weight is 539 g/mol. The number of aliphatic carboxylic acids is 1. The van der Waals surface area contributed by atoms with Crippen LogP contribution in [0.25, 0.3) is 22.8 Å². The first kappa shape index (κ1) is 28.0. The Balaban J connectivity index is 1.49. The standard InChI is InChI=1S/C28H34N4O7/c1-4-17-10-19(9-16(2)26(17)38-15-21(33)14-29-23(34)13-25(35)36)27-31-28(39-32-27)20-11-22(18-7-5-6-8-18)30-24(12-20)37-3/h9-12,18,21,33H,4-8,13-15H2,1-3H3,(H,29,34)(H,35,36). The van der Waals surface area contributed by atoms with Gasteiger partial charge in [0.1, 0.15) is 24.9 Å². The molecule has 208 valence electrons. The molecule has 0 bridgehead atoms. The van der Waals surface area contributed by atoms with Gasteiger partial charge in [0.05, 0.1) is 7.11 Å². The van der Waals surface area contributed by atoms with Crippen molar-refractivity contribution in [1.29, 1.82) is 0 Å². The second-order valence-corrected chi connectivity index (χ2v) is 9.70. The number of nitrogens with one attached hydrogen (secondary N) is 1. The van der Waals surface area contributed by atoms with Crippen molar-refractivity contribution in [3.63, 3.8) is 0 Å². The Kier molecular flexibility index (Phi) is 9.13. The first-order valence-corrected chi connectivity index (χ1v) is 13.1. The van der Waals surface area contributed by atoms with Crippen molar-refractivity contribution in [2.24, 2.45) is 0 Å². The Bertz CT molecular complexity index is 1320. The molecule has 0 radical (unpaired) electrons. The molecule has 1 amide bonds. The lowest BCUT2D eigenvalue weighted by atomic mass is 10.0. The van der Waals surface area contributed by atoms with Crippen LogP contribution < -0.4 is 14.8 Å². The minimum Gasteiger partial charge on any atom is -0.490 e. The van der Waals surface area contributed by atoms with Crippen LogP contribution in [0.5, 0.6) is 11.6 Å². The van der Waals surface area contributed by atoms with Crippen LogP contribution in [-0.2, 0) is 16.0 Å². The minimum absolute atomic E-state index is 0.0693. The van der Waals surface area contributed by atoms with Crippen molar-refractivity contribution in [3.8, 4) is 34.5 Å². The van der Waals surface area contributed by atoms with E-state index in [2.05, 4.69) is 20.4 Å². The summed E-state index contributed by atoms with van der Waals surface area (Å²) in [4.78, 5) is 31.4. The highest BCUT2D eigenvalue weighted by atomic mass is 16.5. The summed E-state index contributed by atoms with van der Waals surface area (Å²) < 4.78 is 17.0. The topological polar surface area (TPSA) is 157 Å². The molecular formula is C28H34N4O7. The summed E-state index contributed by atoms with van der Waals surface area (Å²) in [5, 5.41) is 25.4. The molecule has 39 heavy (non-hydrogen) atoms. The predicted octanol–water partition coefficient (Wildman–Crippen LogP) is 3.67. The third-order valence-corrected chi connectivity index (χ3v) is 6.73. The van der Waals surface area contributed by atoms with Crippen molar-refractivity contribution in [2.75, 3.05) is 20.3 Å². The van der Waals surface area contributed by atoms with E-state index in [1.165, 1.54) is 12.8 Å². The van der Waals surface area contributed by atoms with E-state index in [9.17, 15) is 14.7 Å². The number of nitrogens with zero attached hydrogens (tertiary/aromatic N) is 3. The van der Waals surface area contributed by atoms with Crippen molar-refractivity contribution in [2.45, 2.75) is 64.4 Å². The number of carboxylic acids is 1. The maximum Gasteiger partial charge on any atom is 0.312 e. The van der Waals surface area contributed by atoms with E-state index in [1.54, 1.807) is 13.2 Å². The van der Waals surface area contributed by atoms with Gasteiger partial charge in [-0.3, -0.25) is 9.59 Å². The third kappa shape index (κ3) is 7.11. The van der Waals surface area contributed by atoms with Crippen LogP contribution in [-0.4, -0.2) is 63.6 Å². The van der Waals surface area contributed by atoms with Crippen molar-refractivity contribution in [3.05, 3.63) is 41.1 Å². The fourth-order valence-corrected chi connectivity index (χ4v) is 4.76. The molecule has 3 N–H and O–H groups in total. The molecule has 1 saturated carbocycles. The summed E-state index contributed by atoms with van der Waals surface area (Å²) in [5.74, 6) is 0.468. The number of benzene rings is 1. The lowest BCUT2D eigenvalue weighted by Gasteiger charge is -2.17. The summed E-state index contributed by atoms with van der Waals surface area (Å²) >= 11 is 0. The number of ether oxygens (including phenoxy) is 2. The Morgan fingerprint density at radius 3 is 2.62 bits per heavy atom. The molecule has 1 aliphatic rings. The first-order chi connectivity index (χ1) is 18.8. The van der Waals surface area contributed by atoms with Gasteiger partial charge in [0.25, 0.3) is 5.89 Å². The summed E-state index contributed by atoms with van der Waals surface area (Å²) in [6, 6.07) is 7.62. The number of aliphatic hydroxyl groups excluding tert-OH is 1. The second kappa shape index (κ2) is 12.7. The Morgan fingerprint density at radius 2 is 1.92 bits per heavy atom. The number of carbonyl (C=O) groups is 2. The van der Waals surface area contributed by atoms with Gasteiger partial charge >= 0.3 is 5.97 Å². The summed E-state index contributed by atoms with van der Waals surface area (Å²) in [7, 11) is 1.59. The predicted molar refractivity (Wildman–Crippen MR) is 142 cm³/mol. The zero-order valence-corrected chi connectivity index (χ0v) is 22.4. The number of hydrogen-bond donors (Lipinski definition) is 3. The van der Waals surface area contributed by atoms with Crippen LogP contribution in [0.2, 0.25) is 0 Å². The van der Waals surface area contributed by atoms with Crippen LogP contribution >= 0.6 is 0 Å².